The maximum Gasteiger partial charge on any atom is 0.226 e. The minimum Gasteiger partial charge on any atom is -0.333 e. The third-order valence-corrected chi connectivity index (χ3v) is 4.28. The first-order chi connectivity index (χ1) is 9.13. The molecule has 2 heterocycles. The molecule has 6 nitrogen and oxygen atoms in total. The number of hydrogen-bond acceptors (Lipinski definition) is 4. The highest BCUT2D eigenvalue weighted by Crippen LogP contribution is 2.30. The molecule has 6 heteroatoms. The first-order valence-electron chi connectivity index (χ1n) is 7.04. The lowest BCUT2D eigenvalue weighted by molar-refractivity contribution is -0.138. The fourth-order valence-electron chi connectivity index (χ4n) is 3.37. The molecular formula is C13H21N5O. The zero-order chi connectivity index (χ0) is 13.4. The van der Waals surface area contributed by atoms with Crippen LogP contribution in [0.5, 0.6) is 0 Å². The predicted octanol–water partition coefficient (Wildman–Crippen LogP) is 0.384. The molecule has 1 saturated carbocycles. The van der Waals surface area contributed by atoms with Crippen molar-refractivity contribution in [2.24, 2.45) is 17.6 Å². The molecule has 0 spiro atoms. The largest absolute Gasteiger partial charge is 0.333 e. The molecule has 0 bridgehead atoms. The highest BCUT2D eigenvalue weighted by Gasteiger charge is 2.33. The van der Waals surface area contributed by atoms with Crippen LogP contribution in [-0.2, 0) is 17.9 Å². The summed E-state index contributed by atoms with van der Waals surface area (Å²) in [6, 6.07) is 0.172. The summed E-state index contributed by atoms with van der Waals surface area (Å²) in [6.07, 6.45) is 4.57. The Morgan fingerprint density at radius 3 is 3.00 bits per heavy atom. The van der Waals surface area contributed by atoms with Gasteiger partial charge >= 0.3 is 0 Å². The second kappa shape index (κ2) is 4.92. The van der Waals surface area contributed by atoms with Crippen molar-refractivity contribution in [2.75, 3.05) is 6.54 Å². The molecule has 1 aromatic heterocycles. The average Bonchev–Trinajstić information content (AvgIpc) is 2.83. The maximum absolute atomic E-state index is 12.6. The first kappa shape index (κ1) is 12.6. The lowest BCUT2D eigenvalue weighted by Gasteiger charge is -2.35. The van der Waals surface area contributed by atoms with Gasteiger partial charge < -0.3 is 15.2 Å². The van der Waals surface area contributed by atoms with Gasteiger partial charge in [-0.25, -0.2) is 0 Å². The van der Waals surface area contributed by atoms with Crippen molar-refractivity contribution in [3.63, 3.8) is 0 Å². The Hall–Kier alpha value is -1.43. The molecule has 1 aliphatic heterocycles. The highest BCUT2D eigenvalue weighted by atomic mass is 16.2. The molecule has 3 atom stereocenters. The average molecular weight is 263 g/mol. The van der Waals surface area contributed by atoms with Crippen LogP contribution in [0.4, 0.5) is 0 Å². The Kier molecular flexibility index (Phi) is 3.26. The van der Waals surface area contributed by atoms with Gasteiger partial charge in [0.25, 0.3) is 0 Å². The fourth-order valence-corrected chi connectivity index (χ4v) is 3.37. The van der Waals surface area contributed by atoms with Crippen LogP contribution in [0.15, 0.2) is 6.33 Å². The zero-order valence-electron chi connectivity index (χ0n) is 11.3. The lowest BCUT2D eigenvalue weighted by Crippen LogP contribution is -2.45. The van der Waals surface area contributed by atoms with E-state index in [1.54, 1.807) is 6.33 Å². The molecule has 19 heavy (non-hydrogen) atoms. The van der Waals surface area contributed by atoms with E-state index in [1.807, 2.05) is 9.47 Å². The zero-order valence-corrected chi connectivity index (χ0v) is 11.3. The van der Waals surface area contributed by atoms with E-state index in [0.717, 1.165) is 38.2 Å². The van der Waals surface area contributed by atoms with Crippen LogP contribution in [0.2, 0.25) is 0 Å². The third-order valence-electron chi connectivity index (χ3n) is 4.28. The second-order valence-electron chi connectivity index (χ2n) is 5.97. The van der Waals surface area contributed by atoms with Gasteiger partial charge in [0.2, 0.25) is 5.91 Å². The molecule has 0 radical (unpaired) electrons. The Labute approximate surface area is 113 Å². The Morgan fingerprint density at radius 1 is 1.37 bits per heavy atom. The maximum atomic E-state index is 12.6. The summed E-state index contributed by atoms with van der Waals surface area (Å²) in [5.41, 5.74) is 6.05. The van der Waals surface area contributed by atoms with Gasteiger partial charge in [0, 0.05) is 25.0 Å². The van der Waals surface area contributed by atoms with Crippen LogP contribution >= 0.6 is 0 Å². The topological polar surface area (TPSA) is 77.0 Å². The molecular weight excluding hydrogens is 242 g/mol. The van der Waals surface area contributed by atoms with Crippen molar-refractivity contribution in [3.8, 4) is 0 Å². The molecule has 0 saturated heterocycles. The van der Waals surface area contributed by atoms with Crippen molar-refractivity contribution >= 4 is 5.91 Å². The number of rotatable bonds is 1. The Morgan fingerprint density at radius 2 is 2.21 bits per heavy atom. The predicted molar refractivity (Wildman–Crippen MR) is 69.9 cm³/mol. The molecule has 3 unspecified atom stereocenters. The number of nitrogens with zero attached hydrogens (tertiary/aromatic N) is 4. The van der Waals surface area contributed by atoms with Crippen molar-refractivity contribution in [1.29, 1.82) is 0 Å². The summed E-state index contributed by atoms with van der Waals surface area (Å²) in [4.78, 5) is 14.5. The molecule has 1 aliphatic carbocycles. The number of aromatic nitrogens is 3. The van der Waals surface area contributed by atoms with E-state index in [4.69, 9.17) is 5.73 Å². The monoisotopic (exact) mass is 263 g/mol. The van der Waals surface area contributed by atoms with E-state index in [1.165, 1.54) is 0 Å². The molecule has 104 valence electrons. The molecule has 1 aromatic rings. The third kappa shape index (κ3) is 2.49. The standard InChI is InChI=1S/C13H21N5O/c1-9-4-10(6-11(14)5-9)13(19)17-2-3-18-8-15-16-12(18)7-17/h8-11H,2-7,14H2,1H3. The second-order valence-corrected chi connectivity index (χ2v) is 5.97. The minimum atomic E-state index is 0.0909. The summed E-state index contributed by atoms with van der Waals surface area (Å²) >= 11 is 0. The molecule has 2 N–H and O–H groups in total. The van der Waals surface area contributed by atoms with Crippen molar-refractivity contribution in [2.45, 2.75) is 45.3 Å². The lowest BCUT2D eigenvalue weighted by atomic mass is 9.79. The van der Waals surface area contributed by atoms with Crippen molar-refractivity contribution in [3.05, 3.63) is 12.2 Å². The van der Waals surface area contributed by atoms with E-state index in [2.05, 4.69) is 17.1 Å². The van der Waals surface area contributed by atoms with E-state index >= 15 is 0 Å². The summed E-state index contributed by atoms with van der Waals surface area (Å²) in [7, 11) is 0. The molecule has 2 aliphatic rings. The van der Waals surface area contributed by atoms with Crippen LogP contribution in [0, 0.1) is 11.8 Å². The van der Waals surface area contributed by atoms with Gasteiger partial charge in [-0.15, -0.1) is 10.2 Å². The van der Waals surface area contributed by atoms with E-state index in [9.17, 15) is 4.79 Å². The number of fused-ring (bicyclic) bond motifs is 1. The molecule has 1 fully saturated rings. The van der Waals surface area contributed by atoms with Crippen LogP contribution in [0.25, 0.3) is 0 Å². The molecule has 3 rings (SSSR count). The Balaban J connectivity index is 1.68. The molecule has 1 amide bonds. The number of hydrogen-bond donors (Lipinski definition) is 1. The van der Waals surface area contributed by atoms with Gasteiger partial charge in [0.15, 0.2) is 5.82 Å². The first-order valence-corrected chi connectivity index (χ1v) is 7.04. The van der Waals surface area contributed by atoms with Crippen LogP contribution in [-0.4, -0.2) is 38.2 Å². The van der Waals surface area contributed by atoms with Crippen molar-refractivity contribution < 1.29 is 4.79 Å². The molecule has 0 aromatic carbocycles. The van der Waals surface area contributed by atoms with E-state index < -0.39 is 0 Å². The summed E-state index contributed by atoms with van der Waals surface area (Å²) in [6.45, 7) is 4.32. The van der Waals surface area contributed by atoms with Gasteiger partial charge in [-0.05, 0) is 25.2 Å². The van der Waals surface area contributed by atoms with Crippen molar-refractivity contribution in [1.82, 2.24) is 19.7 Å². The number of carbonyl (C=O) groups excluding carboxylic acids is 1. The highest BCUT2D eigenvalue weighted by molar-refractivity contribution is 5.79. The summed E-state index contributed by atoms with van der Waals surface area (Å²) < 4.78 is 2.01. The van der Waals surface area contributed by atoms with Crippen LogP contribution < -0.4 is 5.73 Å². The number of nitrogens with two attached hydrogens (primary N) is 1. The van der Waals surface area contributed by atoms with Gasteiger partial charge in [0.1, 0.15) is 6.33 Å². The Bertz CT molecular complexity index is 461. The van der Waals surface area contributed by atoms with Crippen LogP contribution in [0.1, 0.15) is 32.0 Å². The number of carbonyl (C=O) groups is 1. The van der Waals surface area contributed by atoms with Gasteiger partial charge in [-0.3, -0.25) is 4.79 Å². The quantitative estimate of drug-likeness (QED) is 0.795. The fraction of sp³-hybridized carbons (Fsp3) is 0.769. The van der Waals surface area contributed by atoms with Gasteiger partial charge in [-0.2, -0.15) is 0 Å². The number of amides is 1. The van der Waals surface area contributed by atoms with E-state index in [0.29, 0.717) is 12.5 Å². The summed E-state index contributed by atoms with van der Waals surface area (Å²) in [5.74, 6) is 1.77. The van der Waals surface area contributed by atoms with Crippen LogP contribution in [0.3, 0.4) is 0 Å². The minimum absolute atomic E-state index is 0.0909. The van der Waals surface area contributed by atoms with E-state index in [-0.39, 0.29) is 17.9 Å². The summed E-state index contributed by atoms with van der Waals surface area (Å²) in [5, 5.41) is 7.95. The smallest absolute Gasteiger partial charge is 0.226 e. The van der Waals surface area contributed by atoms with Gasteiger partial charge in [-0.1, -0.05) is 6.92 Å². The van der Waals surface area contributed by atoms with Gasteiger partial charge in [0.05, 0.1) is 6.54 Å². The normalized spacial score (nSPS) is 31.1. The SMILES string of the molecule is CC1CC(N)CC(C(=O)N2CCn3cnnc3C2)C1.